The number of nitrogens with one attached hydrogen (secondary N) is 1. The number of carbonyl (C=O) groups is 1. The van der Waals surface area contributed by atoms with Gasteiger partial charge in [-0.1, -0.05) is 12.1 Å². The molecule has 9 heteroatoms. The molecule has 0 spiro atoms. The maximum absolute atomic E-state index is 13.3. The Bertz CT molecular complexity index is 962. The van der Waals surface area contributed by atoms with E-state index in [9.17, 15) is 17.6 Å². The molecule has 1 amide bonds. The summed E-state index contributed by atoms with van der Waals surface area (Å²) >= 11 is 3.13. The molecule has 0 aliphatic carbocycles. The van der Waals surface area contributed by atoms with Gasteiger partial charge in [-0.2, -0.15) is 4.31 Å². The topological polar surface area (TPSA) is 75.7 Å². The van der Waals surface area contributed by atoms with Crippen molar-refractivity contribution in [2.24, 2.45) is 0 Å². The highest BCUT2D eigenvalue weighted by Gasteiger charge is 2.26. The van der Waals surface area contributed by atoms with Gasteiger partial charge in [0.2, 0.25) is 10.0 Å². The number of hydrogen-bond donors (Lipinski definition) is 1. The van der Waals surface area contributed by atoms with Gasteiger partial charge in [0, 0.05) is 25.2 Å². The van der Waals surface area contributed by atoms with Gasteiger partial charge < -0.3 is 10.1 Å². The Morgan fingerprint density at radius 2 is 1.93 bits per heavy atom. The fourth-order valence-corrected chi connectivity index (χ4v) is 4.73. The molecule has 1 saturated heterocycles. The molecule has 1 aliphatic heterocycles. The van der Waals surface area contributed by atoms with E-state index in [0.717, 1.165) is 5.56 Å². The molecule has 0 saturated carbocycles. The second-order valence-corrected chi connectivity index (χ2v) is 9.09. The Labute approximate surface area is 171 Å². The summed E-state index contributed by atoms with van der Waals surface area (Å²) in [6.45, 7) is 1.66. The van der Waals surface area contributed by atoms with Crippen LogP contribution in [0.15, 0.2) is 51.8 Å². The van der Waals surface area contributed by atoms with Gasteiger partial charge >= 0.3 is 0 Å². The third-order valence-electron chi connectivity index (χ3n) is 4.39. The Kier molecular flexibility index (Phi) is 6.82. The molecule has 6 nitrogen and oxygen atoms in total. The van der Waals surface area contributed by atoms with Crippen molar-refractivity contribution in [1.29, 1.82) is 0 Å². The molecule has 1 aliphatic rings. The Morgan fingerprint density at radius 3 is 2.64 bits per heavy atom. The van der Waals surface area contributed by atoms with Crippen LogP contribution in [0.3, 0.4) is 0 Å². The van der Waals surface area contributed by atoms with E-state index in [1.54, 1.807) is 24.3 Å². The average molecular weight is 471 g/mol. The summed E-state index contributed by atoms with van der Waals surface area (Å²) in [5.74, 6) is -0.703. The zero-order valence-corrected chi connectivity index (χ0v) is 17.4. The number of amides is 1. The zero-order chi connectivity index (χ0) is 20.1. The van der Waals surface area contributed by atoms with Crippen LogP contribution in [0.1, 0.15) is 15.9 Å². The summed E-state index contributed by atoms with van der Waals surface area (Å²) in [5, 5.41) is 2.76. The number of carbonyl (C=O) groups excluding carboxylic acids is 1. The van der Waals surface area contributed by atoms with Gasteiger partial charge in [-0.05, 0) is 58.2 Å². The summed E-state index contributed by atoms with van der Waals surface area (Å²) < 4.78 is 45.6. The predicted molar refractivity (Wildman–Crippen MR) is 106 cm³/mol. The molecule has 0 bridgehead atoms. The van der Waals surface area contributed by atoms with E-state index in [1.807, 2.05) is 0 Å². The Hall–Kier alpha value is -1.81. The molecule has 1 fully saturated rings. The largest absolute Gasteiger partial charge is 0.379 e. The van der Waals surface area contributed by atoms with Crippen molar-refractivity contribution in [3.8, 4) is 0 Å². The van der Waals surface area contributed by atoms with Crippen LogP contribution in [0.4, 0.5) is 4.39 Å². The normalized spacial score (nSPS) is 15.4. The van der Waals surface area contributed by atoms with Gasteiger partial charge in [-0.3, -0.25) is 4.79 Å². The molecule has 0 radical (unpaired) electrons. The molecule has 0 aromatic heterocycles. The van der Waals surface area contributed by atoms with Crippen LogP contribution in [-0.4, -0.2) is 51.5 Å². The predicted octanol–water partition coefficient (Wildman–Crippen LogP) is 2.58. The van der Waals surface area contributed by atoms with Crippen molar-refractivity contribution in [2.45, 2.75) is 11.3 Å². The van der Waals surface area contributed by atoms with Crippen molar-refractivity contribution in [3.63, 3.8) is 0 Å². The third kappa shape index (κ3) is 4.96. The highest BCUT2D eigenvalue weighted by Crippen LogP contribution is 2.19. The molecule has 150 valence electrons. The molecule has 2 aromatic rings. The van der Waals surface area contributed by atoms with E-state index in [1.165, 1.54) is 22.5 Å². The summed E-state index contributed by atoms with van der Waals surface area (Å²) in [4.78, 5) is 12.5. The maximum atomic E-state index is 13.3. The van der Waals surface area contributed by atoms with E-state index in [-0.39, 0.29) is 22.2 Å². The summed E-state index contributed by atoms with van der Waals surface area (Å²) in [6.07, 6.45) is 0.524. The first-order valence-electron chi connectivity index (χ1n) is 8.78. The Balaban J connectivity index is 1.64. The molecule has 1 heterocycles. The van der Waals surface area contributed by atoms with Crippen LogP contribution in [0.5, 0.6) is 0 Å². The SMILES string of the molecule is O=C(NCCc1ccc(F)c(Br)c1)c1cccc(S(=O)(=O)N2CCOCC2)c1. The van der Waals surface area contributed by atoms with Crippen molar-refractivity contribution < 1.29 is 22.3 Å². The number of ether oxygens (including phenoxy) is 1. The smallest absolute Gasteiger partial charge is 0.251 e. The fraction of sp³-hybridized carbons (Fsp3) is 0.316. The molecular weight excluding hydrogens is 451 g/mol. The third-order valence-corrected chi connectivity index (χ3v) is 6.89. The minimum absolute atomic E-state index is 0.0875. The monoisotopic (exact) mass is 470 g/mol. The quantitative estimate of drug-likeness (QED) is 0.703. The van der Waals surface area contributed by atoms with Crippen LogP contribution in [0.2, 0.25) is 0 Å². The number of nitrogens with zero attached hydrogens (tertiary/aromatic N) is 1. The lowest BCUT2D eigenvalue weighted by molar-refractivity contribution is 0.0730. The molecule has 0 atom stereocenters. The number of rotatable bonds is 6. The van der Waals surface area contributed by atoms with Crippen molar-refractivity contribution in [1.82, 2.24) is 9.62 Å². The standard InChI is InChI=1S/C19H20BrFN2O4S/c20-17-12-14(4-5-18(17)21)6-7-22-19(24)15-2-1-3-16(13-15)28(25,26)23-8-10-27-11-9-23/h1-5,12-13H,6-11H2,(H,22,24). The molecule has 3 rings (SSSR count). The number of hydrogen-bond acceptors (Lipinski definition) is 4. The summed E-state index contributed by atoms with van der Waals surface area (Å²) in [6, 6.07) is 10.7. The van der Waals surface area contributed by atoms with E-state index >= 15 is 0 Å². The van der Waals surface area contributed by atoms with Crippen LogP contribution in [-0.2, 0) is 21.2 Å². The van der Waals surface area contributed by atoms with Crippen LogP contribution < -0.4 is 5.32 Å². The fourth-order valence-electron chi connectivity index (χ4n) is 2.85. The van der Waals surface area contributed by atoms with Gasteiger partial charge in [0.1, 0.15) is 5.82 Å². The molecule has 0 unspecified atom stereocenters. The molecular formula is C19H20BrFN2O4S. The van der Waals surface area contributed by atoms with E-state index in [2.05, 4.69) is 21.2 Å². The highest BCUT2D eigenvalue weighted by molar-refractivity contribution is 9.10. The van der Waals surface area contributed by atoms with Crippen molar-refractivity contribution >= 4 is 31.9 Å². The lowest BCUT2D eigenvalue weighted by Gasteiger charge is -2.26. The first kappa shape index (κ1) is 20.9. The first-order valence-corrected chi connectivity index (χ1v) is 11.0. The second kappa shape index (κ2) is 9.13. The van der Waals surface area contributed by atoms with E-state index < -0.39 is 10.0 Å². The van der Waals surface area contributed by atoms with Crippen molar-refractivity contribution in [2.75, 3.05) is 32.8 Å². The Morgan fingerprint density at radius 1 is 1.18 bits per heavy atom. The lowest BCUT2D eigenvalue weighted by atomic mass is 10.1. The van der Waals surface area contributed by atoms with Gasteiger partial charge in [-0.15, -0.1) is 0 Å². The van der Waals surface area contributed by atoms with Crippen molar-refractivity contribution in [3.05, 3.63) is 63.9 Å². The average Bonchev–Trinajstić information content (AvgIpc) is 2.71. The van der Waals surface area contributed by atoms with Gasteiger partial charge in [0.05, 0.1) is 22.6 Å². The van der Waals surface area contributed by atoms with Crippen LogP contribution >= 0.6 is 15.9 Å². The lowest BCUT2D eigenvalue weighted by Crippen LogP contribution is -2.40. The minimum Gasteiger partial charge on any atom is -0.379 e. The highest BCUT2D eigenvalue weighted by atomic mass is 79.9. The molecule has 2 aromatic carbocycles. The van der Waals surface area contributed by atoms with E-state index in [0.29, 0.717) is 43.7 Å². The van der Waals surface area contributed by atoms with Crippen LogP contribution in [0, 0.1) is 5.82 Å². The van der Waals surface area contributed by atoms with Gasteiger partial charge in [0.25, 0.3) is 5.91 Å². The number of morpholine rings is 1. The molecule has 28 heavy (non-hydrogen) atoms. The minimum atomic E-state index is -3.66. The van der Waals surface area contributed by atoms with E-state index in [4.69, 9.17) is 4.74 Å². The second-order valence-electron chi connectivity index (χ2n) is 6.30. The summed E-state index contributed by atoms with van der Waals surface area (Å²) in [7, 11) is -3.66. The van der Waals surface area contributed by atoms with Gasteiger partial charge in [-0.25, -0.2) is 12.8 Å². The van der Waals surface area contributed by atoms with Gasteiger partial charge in [0.15, 0.2) is 0 Å². The number of benzene rings is 2. The zero-order valence-electron chi connectivity index (χ0n) is 15.0. The molecule has 1 N–H and O–H groups in total. The van der Waals surface area contributed by atoms with Crippen LogP contribution in [0.25, 0.3) is 0 Å². The maximum Gasteiger partial charge on any atom is 0.251 e. The number of halogens is 2. The summed E-state index contributed by atoms with van der Waals surface area (Å²) in [5.41, 5.74) is 1.15. The number of sulfonamides is 1. The first-order chi connectivity index (χ1) is 13.4.